The molecule has 0 aromatic heterocycles. The van der Waals surface area contributed by atoms with Gasteiger partial charge in [0.05, 0.1) is 5.56 Å². The van der Waals surface area contributed by atoms with Crippen LogP contribution in [-0.4, -0.2) is 42.1 Å². The Labute approximate surface area is 99.0 Å². The number of nitrogens with zero attached hydrogens (tertiary/aromatic N) is 1. The van der Waals surface area contributed by atoms with Gasteiger partial charge >= 0.3 is 12.0 Å². The summed E-state index contributed by atoms with van der Waals surface area (Å²) < 4.78 is 0. The van der Waals surface area contributed by atoms with Gasteiger partial charge in [-0.2, -0.15) is 0 Å². The molecule has 1 fully saturated rings. The van der Waals surface area contributed by atoms with E-state index >= 15 is 0 Å². The van der Waals surface area contributed by atoms with Crippen LogP contribution in [0, 0.1) is 0 Å². The maximum atomic E-state index is 11.3. The Hall–Kier alpha value is -2.04. The fourth-order valence-electron chi connectivity index (χ4n) is 1.97. The molecule has 0 spiro atoms. The molecule has 0 radical (unpaired) electrons. The highest BCUT2D eigenvalue weighted by atomic mass is 16.4. The average molecular weight is 234 g/mol. The van der Waals surface area contributed by atoms with Crippen LogP contribution in [0.1, 0.15) is 21.8 Å². The minimum atomic E-state index is -0.931. The molecule has 1 aliphatic rings. The Morgan fingerprint density at radius 1 is 1.53 bits per heavy atom. The lowest BCUT2D eigenvalue weighted by Gasteiger charge is -2.30. The summed E-state index contributed by atoms with van der Waals surface area (Å²) in [4.78, 5) is 23.7. The number of hydrogen-bond donors (Lipinski definition) is 2. The predicted molar refractivity (Wildman–Crippen MR) is 62.2 cm³/mol. The molecule has 1 aliphatic heterocycles. The fraction of sp³-hybridized carbons (Fsp3) is 0.333. The molecule has 90 valence electrons. The van der Waals surface area contributed by atoms with Crippen molar-refractivity contribution in [3.8, 4) is 0 Å². The molecule has 1 heterocycles. The zero-order valence-corrected chi connectivity index (χ0v) is 9.51. The van der Waals surface area contributed by atoms with Crippen LogP contribution in [0.3, 0.4) is 0 Å². The SMILES string of the molecule is CN1CC(c2cccc(C(=O)O)c2)CNC1=O. The Morgan fingerprint density at radius 3 is 2.94 bits per heavy atom. The average Bonchev–Trinajstić information content (AvgIpc) is 2.33. The van der Waals surface area contributed by atoms with Crippen molar-refractivity contribution in [1.29, 1.82) is 0 Å². The summed E-state index contributed by atoms with van der Waals surface area (Å²) in [7, 11) is 1.72. The minimum Gasteiger partial charge on any atom is -0.478 e. The van der Waals surface area contributed by atoms with Gasteiger partial charge in [-0.1, -0.05) is 12.1 Å². The first-order valence-corrected chi connectivity index (χ1v) is 5.40. The minimum absolute atomic E-state index is 0.0874. The first kappa shape index (κ1) is 11.4. The lowest BCUT2D eigenvalue weighted by atomic mass is 9.95. The van der Waals surface area contributed by atoms with Gasteiger partial charge in [-0.15, -0.1) is 0 Å². The molecule has 0 saturated carbocycles. The molecule has 1 aromatic carbocycles. The van der Waals surface area contributed by atoms with Gasteiger partial charge in [-0.3, -0.25) is 0 Å². The van der Waals surface area contributed by atoms with Crippen molar-refractivity contribution in [2.24, 2.45) is 0 Å². The van der Waals surface area contributed by atoms with E-state index in [0.29, 0.717) is 13.1 Å². The number of urea groups is 1. The molecule has 1 atom stereocenters. The number of likely N-dealkylation sites (N-methyl/N-ethyl adjacent to an activating group) is 1. The zero-order chi connectivity index (χ0) is 12.4. The normalized spacial score (nSPS) is 19.9. The van der Waals surface area contributed by atoms with E-state index in [9.17, 15) is 9.59 Å². The van der Waals surface area contributed by atoms with E-state index in [1.165, 1.54) is 0 Å². The number of carbonyl (C=O) groups is 2. The smallest absolute Gasteiger partial charge is 0.335 e. The molecule has 0 bridgehead atoms. The second-order valence-electron chi connectivity index (χ2n) is 4.19. The second-order valence-corrected chi connectivity index (χ2v) is 4.19. The Kier molecular flexibility index (Phi) is 2.99. The van der Waals surface area contributed by atoms with E-state index in [1.807, 2.05) is 6.07 Å². The maximum absolute atomic E-state index is 11.3. The second kappa shape index (κ2) is 4.45. The van der Waals surface area contributed by atoms with Crippen LogP contribution in [0.2, 0.25) is 0 Å². The van der Waals surface area contributed by atoms with E-state index in [4.69, 9.17) is 5.11 Å². The summed E-state index contributed by atoms with van der Waals surface area (Å²) in [6.45, 7) is 1.15. The van der Waals surface area contributed by atoms with E-state index in [0.717, 1.165) is 5.56 Å². The Morgan fingerprint density at radius 2 is 2.29 bits per heavy atom. The molecule has 2 amide bonds. The molecule has 5 heteroatoms. The van der Waals surface area contributed by atoms with Gasteiger partial charge in [0.1, 0.15) is 0 Å². The molecule has 1 saturated heterocycles. The fourth-order valence-corrected chi connectivity index (χ4v) is 1.97. The van der Waals surface area contributed by atoms with Crippen LogP contribution in [0.4, 0.5) is 4.79 Å². The van der Waals surface area contributed by atoms with Crippen LogP contribution >= 0.6 is 0 Å². The van der Waals surface area contributed by atoms with E-state index in [1.54, 1.807) is 30.1 Å². The van der Waals surface area contributed by atoms with E-state index in [-0.39, 0.29) is 17.5 Å². The van der Waals surface area contributed by atoms with Crippen LogP contribution in [0.5, 0.6) is 0 Å². The largest absolute Gasteiger partial charge is 0.478 e. The summed E-state index contributed by atoms with van der Waals surface area (Å²) in [5.41, 5.74) is 1.22. The summed E-state index contributed by atoms with van der Waals surface area (Å²) in [6, 6.07) is 6.77. The first-order chi connectivity index (χ1) is 8.08. The van der Waals surface area contributed by atoms with E-state index in [2.05, 4.69) is 5.32 Å². The third kappa shape index (κ3) is 2.38. The molecule has 2 rings (SSSR count). The van der Waals surface area contributed by atoms with Crippen molar-refractivity contribution in [2.45, 2.75) is 5.92 Å². The van der Waals surface area contributed by atoms with Gasteiger partial charge in [-0.25, -0.2) is 9.59 Å². The lowest BCUT2D eigenvalue weighted by Crippen LogP contribution is -2.48. The number of carbonyl (C=O) groups excluding carboxylic acids is 1. The number of aromatic carboxylic acids is 1. The Balaban J connectivity index is 2.20. The molecular weight excluding hydrogens is 220 g/mol. The molecule has 17 heavy (non-hydrogen) atoms. The van der Waals surface area contributed by atoms with Gasteiger partial charge in [0.2, 0.25) is 0 Å². The highest BCUT2D eigenvalue weighted by molar-refractivity contribution is 5.87. The van der Waals surface area contributed by atoms with Crippen molar-refractivity contribution >= 4 is 12.0 Å². The molecular formula is C12H14N2O3. The van der Waals surface area contributed by atoms with Gasteiger partial charge in [-0.05, 0) is 17.7 Å². The highest BCUT2D eigenvalue weighted by Gasteiger charge is 2.23. The molecule has 2 N–H and O–H groups in total. The lowest BCUT2D eigenvalue weighted by molar-refractivity contribution is 0.0696. The van der Waals surface area contributed by atoms with Gasteiger partial charge < -0.3 is 15.3 Å². The van der Waals surface area contributed by atoms with Crippen molar-refractivity contribution in [2.75, 3.05) is 20.1 Å². The summed E-state index contributed by atoms with van der Waals surface area (Å²) in [5.74, 6) is -0.794. The third-order valence-electron chi connectivity index (χ3n) is 2.95. The van der Waals surface area contributed by atoms with Crippen LogP contribution in [0.25, 0.3) is 0 Å². The van der Waals surface area contributed by atoms with Gasteiger partial charge in [0.25, 0.3) is 0 Å². The first-order valence-electron chi connectivity index (χ1n) is 5.40. The molecule has 1 aromatic rings. The van der Waals surface area contributed by atoms with Crippen LogP contribution < -0.4 is 5.32 Å². The van der Waals surface area contributed by atoms with Gasteiger partial charge in [0, 0.05) is 26.1 Å². The summed E-state index contributed by atoms with van der Waals surface area (Å²) in [5, 5.41) is 11.7. The summed E-state index contributed by atoms with van der Waals surface area (Å²) >= 11 is 0. The molecule has 5 nitrogen and oxygen atoms in total. The summed E-state index contributed by atoms with van der Waals surface area (Å²) in [6.07, 6.45) is 0. The highest BCUT2D eigenvalue weighted by Crippen LogP contribution is 2.20. The topological polar surface area (TPSA) is 69.6 Å². The van der Waals surface area contributed by atoms with Crippen LogP contribution in [-0.2, 0) is 0 Å². The monoisotopic (exact) mass is 234 g/mol. The number of amides is 2. The standard InChI is InChI=1S/C12H14N2O3/c1-14-7-10(6-13-12(14)17)8-3-2-4-9(5-8)11(15)16/h2-5,10H,6-7H2,1H3,(H,13,17)(H,15,16). The molecule has 0 aliphatic carbocycles. The number of nitrogens with one attached hydrogen (secondary N) is 1. The Bertz CT molecular complexity index is 459. The maximum Gasteiger partial charge on any atom is 0.335 e. The number of carboxylic acids is 1. The number of carboxylic acid groups (broad SMARTS) is 1. The quantitative estimate of drug-likeness (QED) is 0.805. The van der Waals surface area contributed by atoms with Gasteiger partial charge in [0.15, 0.2) is 0 Å². The van der Waals surface area contributed by atoms with Crippen molar-refractivity contribution < 1.29 is 14.7 Å². The number of hydrogen-bond acceptors (Lipinski definition) is 2. The van der Waals surface area contributed by atoms with Crippen molar-refractivity contribution in [1.82, 2.24) is 10.2 Å². The third-order valence-corrected chi connectivity index (χ3v) is 2.95. The zero-order valence-electron chi connectivity index (χ0n) is 9.51. The van der Waals surface area contributed by atoms with Crippen molar-refractivity contribution in [3.05, 3.63) is 35.4 Å². The van der Waals surface area contributed by atoms with Crippen molar-refractivity contribution in [3.63, 3.8) is 0 Å². The number of benzene rings is 1. The molecule has 1 unspecified atom stereocenters. The van der Waals surface area contributed by atoms with Crippen LogP contribution in [0.15, 0.2) is 24.3 Å². The number of rotatable bonds is 2. The van der Waals surface area contributed by atoms with E-state index < -0.39 is 5.97 Å². The predicted octanol–water partition coefficient (Wildman–Crippen LogP) is 1.12.